The number of ether oxygens (including phenoxy) is 1. The number of nitrogens with one attached hydrogen (secondary N) is 1. The van der Waals surface area contributed by atoms with Gasteiger partial charge in [0.25, 0.3) is 15.9 Å². The molecule has 1 amide bonds. The molecule has 0 aromatic heterocycles. The van der Waals surface area contributed by atoms with Crippen LogP contribution in [0.3, 0.4) is 0 Å². The lowest BCUT2D eigenvalue weighted by Crippen LogP contribution is -2.45. The van der Waals surface area contributed by atoms with Crippen molar-refractivity contribution in [1.82, 2.24) is 4.90 Å². The topological polar surface area (TPSA) is 102 Å². The van der Waals surface area contributed by atoms with Crippen molar-refractivity contribution in [2.75, 3.05) is 24.9 Å². The van der Waals surface area contributed by atoms with Crippen molar-refractivity contribution in [2.45, 2.75) is 23.8 Å². The number of hydrogen-bond acceptors (Lipinski definition) is 5. The highest BCUT2D eigenvalue weighted by Gasteiger charge is 2.24. The number of carbonyl (C=O) groups is 1. The Hall–Kier alpha value is -2.29. The molecule has 0 spiro atoms. The van der Waals surface area contributed by atoms with E-state index < -0.39 is 10.0 Å². The summed E-state index contributed by atoms with van der Waals surface area (Å²) >= 11 is 0. The molecule has 1 heterocycles. The molecule has 1 aliphatic rings. The van der Waals surface area contributed by atoms with E-state index in [-0.39, 0.29) is 29.3 Å². The number of rotatable bonds is 5. The number of piperidine rings is 1. The van der Waals surface area contributed by atoms with Gasteiger partial charge in [0.1, 0.15) is 5.75 Å². The van der Waals surface area contributed by atoms with Gasteiger partial charge in [0.15, 0.2) is 0 Å². The zero-order valence-corrected chi connectivity index (χ0v) is 17.1. The molecule has 0 radical (unpaired) electrons. The number of carbonyl (C=O) groups excluding carboxylic acids is 1. The van der Waals surface area contributed by atoms with E-state index in [1.165, 1.54) is 19.2 Å². The first kappa shape index (κ1) is 22.0. The van der Waals surface area contributed by atoms with E-state index in [1.807, 2.05) is 0 Å². The molecule has 1 unspecified atom stereocenters. The fraction of sp³-hybridized carbons (Fsp3) is 0.316. The lowest BCUT2D eigenvalue weighted by atomic mass is 10.1. The molecule has 1 fully saturated rings. The van der Waals surface area contributed by atoms with Crippen molar-refractivity contribution >= 4 is 34.0 Å². The molecule has 0 bridgehead atoms. The average Bonchev–Trinajstić information content (AvgIpc) is 2.67. The van der Waals surface area contributed by atoms with Gasteiger partial charge >= 0.3 is 0 Å². The number of para-hydroxylation sites is 2. The van der Waals surface area contributed by atoms with Crippen molar-refractivity contribution < 1.29 is 17.9 Å². The van der Waals surface area contributed by atoms with Crippen LogP contribution in [0.15, 0.2) is 53.4 Å². The van der Waals surface area contributed by atoms with Gasteiger partial charge in [-0.3, -0.25) is 9.52 Å². The van der Waals surface area contributed by atoms with Gasteiger partial charge in [-0.25, -0.2) is 8.42 Å². The second-order valence-electron chi connectivity index (χ2n) is 6.49. The Bertz CT molecular complexity index is 936. The average molecular weight is 426 g/mol. The zero-order chi connectivity index (χ0) is 19.4. The molecule has 0 aliphatic carbocycles. The molecule has 3 N–H and O–H groups in total. The van der Waals surface area contributed by atoms with E-state index in [4.69, 9.17) is 10.5 Å². The number of amides is 1. The number of halogens is 1. The van der Waals surface area contributed by atoms with Crippen LogP contribution < -0.4 is 15.2 Å². The predicted molar refractivity (Wildman–Crippen MR) is 111 cm³/mol. The number of sulfonamides is 1. The molecule has 1 saturated heterocycles. The van der Waals surface area contributed by atoms with Crippen LogP contribution in [0.2, 0.25) is 0 Å². The summed E-state index contributed by atoms with van der Waals surface area (Å²) < 4.78 is 33.2. The smallest absolute Gasteiger partial charge is 0.262 e. The Morgan fingerprint density at radius 3 is 2.68 bits per heavy atom. The third-order valence-corrected chi connectivity index (χ3v) is 5.85. The summed E-state index contributed by atoms with van der Waals surface area (Å²) in [7, 11) is -2.40. The molecule has 2 aromatic rings. The van der Waals surface area contributed by atoms with E-state index in [1.54, 1.807) is 41.3 Å². The summed E-state index contributed by atoms with van der Waals surface area (Å²) in [6.45, 7) is 1.11. The largest absolute Gasteiger partial charge is 0.495 e. The predicted octanol–water partition coefficient (Wildman–Crippen LogP) is 2.48. The van der Waals surface area contributed by atoms with Gasteiger partial charge in [-0.15, -0.1) is 12.4 Å². The molecule has 28 heavy (non-hydrogen) atoms. The number of hydrogen-bond donors (Lipinski definition) is 2. The summed E-state index contributed by atoms with van der Waals surface area (Å²) in [5.74, 6) is 0.204. The molecule has 0 saturated carbocycles. The fourth-order valence-electron chi connectivity index (χ4n) is 3.11. The third-order valence-electron chi connectivity index (χ3n) is 4.49. The maximum absolute atomic E-state index is 12.8. The van der Waals surface area contributed by atoms with Gasteiger partial charge in [-0.05, 0) is 43.2 Å². The molecule has 1 aliphatic heterocycles. The summed E-state index contributed by atoms with van der Waals surface area (Å²) in [5.41, 5.74) is 6.60. The van der Waals surface area contributed by atoms with Crippen LogP contribution in [0.25, 0.3) is 0 Å². The Morgan fingerprint density at radius 2 is 1.96 bits per heavy atom. The van der Waals surface area contributed by atoms with Crippen LogP contribution in [0.4, 0.5) is 5.69 Å². The van der Waals surface area contributed by atoms with E-state index in [0.717, 1.165) is 12.8 Å². The third kappa shape index (κ3) is 4.95. The number of benzene rings is 2. The molecule has 7 nitrogen and oxygen atoms in total. The minimum atomic E-state index is -3.87. The van der Waals surface area contributed by atoms with E-state index >= 15 is 0 Å². The van der Waals surface area contributed by atoms with Gasteiger partial charge in [0.2, 0.25) is 0 Å². The molecular weight excluding hydrogens is 402 g/mol. The number of methoxy groups -OCH3 is 1. The highest BCUT2D eigenvalue weighted by Crippen LogP contribution is 2.26. The molecule has 9 heteroatoms. The van der Waals surface area contributed by atoms with Crippen LogP contribution in [0.1, 0.15) is 23.2 Å². The van der Waals surface area contributed by atoms with Crippen LogP contribution in [-0.2, 0) is 10.0 Å². The molecule has 152 valence electrons. The summed E-state index contributed by atoms with van der Waals surface area (Å²) in [6.07, 6.45) is 1.74. The molecular formula is C19H24ClN3O4S. The Morgan fingerprint density at radius 1 is 1.21 bits per heavy atom. The van der Waals surface area contributed by atoms with Gasteiger partial charge in [-0.2, -0.15) is 0 Å². The standard InChI is InChI=1S/C19H23N3O4S.ClH/c1-26-18-10-3-2-9-17(18)21-27(24,25)16-8-4-6-14(12-16)19(23)22-11-5-7-15(20)13-22;/h2-4,6,8-10,12,15,21H,5,7,11,13,20H2,1H3;1H. The van der Waals surface area contributed by atoms with Crippen LogP contribution >= 0.6 is 12.4 Å². The quantitative estimate of drug-likeness (QED) is 0.766. The van der Waals surface area contributed by atoms with Crippen molar-refractivity contribution in [3.05, 3.63) is 54.1 Å². The minimum absolute atomic E-state index is 0. The normalized spacial score (nSPS) is 16.8. The number of likely N-dealkylation sites (tertiary alicyclic amines) is 1. The lowest BCUT2D eigenvalue weighted by Gasteiger charge is -2.30. The number of nitrogens with two attached hydrogens (primary N) is 1. The molecule has 3 rings (SSSR count). The van der Waals surface area contributed by atoms with E-state index in [0.29, 0.717) is 30.1 Å². The van der Waals surface area contributed by atoms with Gasteiger partial charge < -0.3 is 15.4 Å². The van der Waals surface area contributed by atoms with Crippen molar-refractivity contribution in [3.63, 3.8) is 0 Å². The van der Waals surface area contributed by atoms with Crippen molar-refractivity contribution in [3.8, 4) is 5.75 Å². The zero-order valence-electron chi connectivity index (χ0n) is 15.5. The Labute approximate surface area is 171 Å². The molecule has 2 aromatic carbocycles. The highest BCUT2D eigenvalue weighted by molar-refractivity contribution is 7.92. The van der Waals surface area contributed by atoms with Crippen molar-refractivity contribution in [2.24, 2.45) is 5.73 Å². The first-order valence-corrected chi connectivity index (χ1v) is 10.2. The number of anilines is 1. The lowest BCUT2D eigenvalue weighted by molar-refractivity contribution is 0.0708. The molecule has 1 atom stereocenters. The first-order chi connectivity index (χ1) is 12.9. The maximum Gasteiger partial charge on any atom is 0.262 e. The SMILES string of the molecule is COc1ccccc1NS(=O)(=O)c1cccc(C(=O)N2CCCC(N)C2)c1.Cl. The summed E-state index contributed by atoms with van der Waals surface area (Å²) in [4.78, 5) is 14.4. The monoisotopic (exact) mass is 425 g/mol. The van der Waals surface area contributed by atoms with Gasteiger partial charge in [-0.1, -0.05) is 18.2 Å². The second kappa shape index (κ2) is 9.27. The maximum atomic E-state index is 12.8. The summed E-state index contributed by atoms with van der Waals surface area (Å²) in [5, 5.41) is 0. The first-order valence-electron chi connectivity index (χ1n) is 8.71. The van der Waals surface area contributed by atoms with E-state index in [2.05, 4.69) is 4.72 Å². The van der Waals surface area contributed by atoms with Crippen LogP contribution in [0, 0.1) is 0 Å². The van der Waals surface area contributed by atoms with Gasteiger partial charge in [0.05, 0.1) is 17.7 Å². The highest BCUT2D eigenvalue weighted by atomic mass is 35.5. The van der Waals surface area contributed by atoms with E-state index in [9.17, 15) is 13.2 Å². The van der Waals surface area contributed by atoms with Gasteiger partial charge in [0, 0.05) is 24.7 Å². The number of nitrogens with zero attached hydrogens (tertiary/aromatic N) is 1. The van der Waals surface area contributed by atoms with Crippen LogP contribution in [0.5, 0.6) is 5.75 Å². The Balaban J connectivity index is 0.00000280. The second-order valence-corrected chi connectivity index (χ2v) is 8.17. The minimum Gasteiger partial charge on any atom is -0.495 e. The fourth-order valence-corrected chi connectivity index (χ4v) is 4.22. The summed E-state index contributed by atoms with van der Waals surface area (Å²) in [6, 6.07) is 12.7. The van der Waals surface area contributed by atoms with Crippen molar-refractivity contribution in [1.29, 1.82) is 0 Å². The van der Waals surface area contributed by atoms with Crippen LogP contribution in [-0.4, -0.2) is 45.5 Å². The Kier molecular flexibility index (Phi) is 7.29.